The lowest BCUT2D eigenvalue weighted by Gasteiger charge is -2.09. The number of ether oxygens (including phenoxy) is 2. The molecule has 0 unspecified atom stereocenters. The van der Waals surface area contributed by atoms with Gasteiger partial charge in [-0.15, -0.1) is 10.2 Å². The zero-order valence-electron chi connectivity index (χ0n) is 11.5. The molecule has 0 atom stereocenters. The largest absolute Gasteiger partial charge is 0.497 e. The number of rotatable bonds is 6. The molecule has 0 N–H and O–H groups in total. The third-order valence-electron chi connectivity index (χ3n) is 2.78. The lowest BCUT2D eigenvalue weighted by atomic mass is 10.2. The molecule has 0 fully saturated rings. The summed E-state index contributed by atoms with van der Waals surface area (Å²) in [5.74, 6) is 1.01. The van der Waals surface area contributed by atoms with Crippen LogP contribution in [0.2, 0.25) is 0 Å². The first-order chi connectivity index (χ1) is 9.97. The van der Waals surface area contributed by atoms with E-state index in [0.717, 1.165) is 0 Å². The Balaban J connectivity index is 2.54. The zero-order chi connectivity index (χ0) is 15.5. The highest BCUT2D eigenvalue weighted by Gasteiger charge is 2.23. The van der Waals surface area contributed by atoms with Gasteiger partial charge in [0.15, 0.2) is 5.82 Å². The van der Waals surface area contributed by atoms with E-state index in [1.165, 1.54) is 11.7 Å². The Morgan fingerprint density at radius 2 is 2.05 bits per heavy atom. The molecule has 0 saturated heterocycles. The number of hydrogen-bond donors (Lipinski definition) is 0. The Bertz CT molecular complexity index is 730. The fraction of sp³-hybridized carbons (Fsp3) is 0.333. The van der Waals surface area contributed by atoms with Crippen LogP contribution in [-0.4, -0.2) is 44.0 Å². The van der Waals surface area contributed by atoms with E-state index < -0.39 is 9.05 Å². The molecule has 0 saturated carbocycles. The van der Waals surface area contributed by atoms with E-state index in [0.29, 0.717) is 23.7 Å². The first-order valence-electron chi connectivity index (χ1n) is 5.98. The molecule has 114 valence electrons. The number of benzene rings is 1. The smallest absolute Gasteiger partial charge is 0.296 e. The predicted molar refractivity (Wildman–Crippen MR) is 76.9 cm³/mol. The Labute approximate surface area is 126 Å². The Morgan fingerprint density at radius 1 is 1.29 bits per heavy atom. The molecule has 0 aliphatic rings. The lowest BCUT2D eigenvalue weighted by molar-refractivity contribution is 0.185. The lowest BCUT2D eigenvalue weighted by Crippen LogP contribution is -2.11. The molecule has 9 heteroatoms. The van der Waals surface area contributed by atoms with Gasteiger partial charge >= 0.3 is 0 Å². The summed E-state index contributed by atoms with van der Waals surface area (Å²) in [4.78, 5) is 0. The van der Waals surface area contributed by atoms with Crippen LogP contribution >= 0.6 is 10.7 Å². The number of hydrogen-bond acceptors (Lipinski definition) is 6. The minimum absolute atomic E-state index is 0.261. The van der Waals surface area contributed by atoms with Gasteiger partial charge in [-0.05, 0) is 12.1 Å². The topological polar surface area (TPSA) is 83.3 Å². The van der Waals surface area contributed by atoms with E-state index in [2.05, 4.69) is 10.2 Å². The molecule has 0 radical (unpaired) electrons. The minimum Gasteiger partial charge on any atom is -0.497 e. The maximum Gasteiger partial charge on any atom is 0.296 e. The average molecular weight is 332 g/mol. The second-order valence-corrected chi connectivity index (χ2v) is 6.58. The summed E-state index contributed by atoms with van der Waals surface area (Å²) >= 11 is 0. The van der Waals surface area contributed by atoms with Crippen molar-refractivity contribution in [2.45, 2.75) is 11.7 Å². The molecule has 0 aliphatic carbocycles. The van der Waals surface area contributed by atoms with Gasteiger partial charge in [0, 0.05) is 23.4 Å². The van der Waals surface area contributed by atoms with Crippen molar-refractivity contribution in [3.8, 4) is 17.1 Å². The second kappa shape index (κ2) is 6.42. The van der Waals surface area contributed by atoms with Crippen molar-refractivity contribution in [2.75, 3.05) is 20.8 Å². The fourth-order valence-corrected chi connectivity index (χ4v) is 2.75. The quantitative estimate of drug-likeness (QED) is 0.746. The standard InChI is InChI=1S/C12H14ClN3O4S/c1-19-7-6-16-11(14-15-12(16)21(13,17)18)9-4-3-5-10(8-9)20-2/h3-5,8H,6-7H2,1-2H3. The van der Waals surface area contributed by atoms with Gasteiger partial charge < -0.3 is 9.47 Å². The minimum atomic E-state index is -3.99. The van der Waals surface area contributed by atoms with Gasteiger partial charge in [0.25, 0.3) is 14.2 Å². The molecule has 0 amide bonds. The predicted octanol–water partition coefficient (Wildman–Crippen LogP) is 1.53. The monoisotopic (exact) mass is 331 g/mol. The van der Waals surface area contributed by atoms with Crippen LogP contribution in [0.4, 0.5) is 0 Å². The highest BCUT2D eigenvalue weighted by molar-refractivity contribution is 8.13. The maximum atomic E-state index is 11.6. The van der Waals surface area contributed by atoms with Crippen LogP contribution in [0.15, 0.2) is 29.4 Å². The third kappa shape index (κ3) is 3.52. The van der Waals surface area contributed by atoms with Gasteiger partial charge in [0.05, 0.1) is 20.3 Å². The van der Waals surface area contributed by atoms with Gasteiger partial charge in [-0.1, -0.05) is 12.1 Å². The first kappa shape index (κ1) is 15.7. The van der Waals surface area contributed by atoms with E-state index >= 15 is 0 Å². The van der Waals surface area contributed by atoms with Crippen molar-refractivity contribution in [3.05, 3.63) is 24.3 Å². The summed E-state index contributed by atoms with van der Waals surface area (Å²) in [5, 5.41) is 7.28. The Kier molecular flexibility index (Phi) is 4.81. The van der Waals surface area contributed by atoms with Gasteiger partial charge in [-0.3, -0.25) is 4.57 Å². The van der Waals surface area contributed by atoms with Crippen molar-refractivity contribution < 1.29 is 17.9 Å². The first-order valence-corrected chi connectivity index (χ1v) is 8.29. The van der Waals surface area contributed by atoms with Gasteiger partial charge in [-0.2, -0.15) is 0 Å². The van der Waals surface area contributed by atoms with E-state index in [1.54, 1.807) is 31.4 Å². The summed E-state index contributed by atoms with van der Waals surface area (Å²) in [6.07, 6.45) is 0. The van der Waals surface area contributed by atoms with E-state index in [4.69, 9.17) is 20.2 Å². The molecular formula is C12H14ClN3O4S. The van der Waals surface area contributed by atoms with Crippen molar-refractivity contribution in [1.82, 2.24) is 14.8 Å². The highest BCUT2D eigenvalue weighted by Crippen LogP contribution is 2.25. The van der Waals surface area contributed by atoms with E-state index in [9.17, 15) is 8.42 Å². The number of halogens is 1. The van der Waals surface area contributed by atoms with Crippen LogP contribution in [0.3, 0.4) is 0 Å². The van der Waals surface area contributed by atoms with Gasteiger partial charge in [0.2, 0.25) is 0 Å². The normalized spacial score (nSPS) is 11.6. The molecule has 7 nitrogen and oxygen atoms in total. The van der Waals surface area contributed by atoms with Gasteiger partial charge in [-0.25, -0.2) is 8.42 Å². The molecule has 0 bridgehead atoms. The summed E-state index contributed by atoms with van der Waals surface area (Å²) in [6, 6.07) is 7.06. The number of methoxy groups -OCH3 is 2. The molecule has 1 aromatic heterocycles. The van der Waals surface area contributed by atoms with E-state index in [-0.39, 0.29) is 11.7 Å². The van der Waals surface area contributed by atoms with Crippen LogP contribution in [-0.2, 0) is 20.3 Å². The Hall–Kier alpha value is -1.64. The second-order valence-electron chi connectivity index (χ2n) is 4.12. The molecule has 2 rings (SSSR count). The van der Waals surface area contributed by atoms with E-state index in [1.807, 2.05) is 0 Å². The summed E-state index contributed by atoms with van der Waals surface area (Å²) in [7, 11) is 4.46. The molecule has 0 aliphatic heterocycles. The van der Waals surface area contributed by atoms with Crippen LogP contribution < -0.4 is 4.74 Å². The highest BCUT2D eigenvalue weighted by atomic mass is 35.7. The van der Waals surface area contributed by atoms with Crippen LogP contribution in [0.5, 0.6) is 5.75 Å². The zero-order valence-corrected chi connectivity index (χ0v) is 13.1. The molecular weight excluding hydrogens is 318 g/mol. The molecule has 21 heavy (non-hydrogen) atoms. The molecule has 2 aromatic rings. The summed E-state index contributed by atoms with van der Waals surface area (Å²) in [6.45, 7) is 0.561. The SMILES string of the molecule is COCCn1c(-c2cccc(OC)c2)nnc1S(=O)(=O)Cl. The summed E-state index contributed by atoms with van der Waals surface area (Å²) in [5.41, 5.74) is 0.671. The third-order valence-corrected chi connectivity index (χ3v) is 3.93. The average Bonchev–Trinajstić information content (AvgIpc) is 2.89. The molecule has 0 spiro atoms. The number of nitrogens with zero attached hydrogens (tertiary/aromatic N) is 3. The Morgan fingerprint density at radius 3 is 2.67 bits per heavy atom. The van der Waals surface area contributed by atoms with Crippen molar-refractivity contribution in [2.24, 2.45) is 0 Å². The molecule has 1 heterocycles. The van der Waals surface area contributed by atoms with Crippen molar-refractivity contribution in [1.29, 1.82) is 0 Å². The maximum absolute atomic E-state index is 11.6. The van der Waals surface area contributed by atoms with Gasteiger partial charge in [0.1, 0.15) is 5.75 Å². The van der Waals surface area contributed by atoms with Crippen LogP contribution in [0.1, 0.15) is 0 Å². The fourth-order valence-electron chi connectivity index (χ4n) is 1.83. The molecule has 1 aromatic carbocycles. The van der Waals surface area contributed by atoms with Crippen LogP contribution in [0.25, 0.3) is 11.4 Å². The van der Waals surface area contributed by atoms with Crippen molar-refractivity contribution >= 4 is 19.7 Å². The summed E-state index contributed by atoms with van der Waals surface area (Å²) < 4.78 is 34.7. The van der Waals surface area contributed by atoms with Crippen molar-refractivity contribution in [3.63, 3.8) is 0 Å². The van der Waals surface area contributed by atoms with Crippen LogP contribution in [0, 0.1) is 0 Å². The number of aromatic nitrogens is 3.